The molecule has 2 N–H and O–H groups in total. The topological polar surface area (TPSA) is 54.1 Å². The zero-order chi connectivity index (χ0) is 14.8. The molecule has 106 valence electrons. The van der Waals surface area contributed by atoms with Gasteiger partial charge in [0.15, 0.2) is 0 Å². The van der Waals surface area contributed by atoms with Crippen LogP contribution in [0.5, 0.6) is 5.75 Å². The number of amides is 1. The van der Waals surface area contributed by atoms with Crippen LogP contribution in [0.1, 0.15) is 10.4 Å². The Morgan fingerprint density at radius 2 is 2.05 bits per heavy atom. The number of rotatable bonds is 3. The maximum Gasteiger partial charge on any atom is 0.257 e. The Morgan fingerprint density at radius 1 is 1.24 bits per heavy atom. The Balaban J connectivity index is 1.94. The number of aromatic amines is 1. The van der Waals surface area contributed by atoms with Crippen molar-refractivity contribution in [3.05, 3.63) is 59.2 Å². The van der Waals surface area contributed by atoms with Crippen molar-refractivity contribution in [1.29, 1.82) is 0 Å². The Labute approximate surface area is 126 Å². The molecule has 0 radical (unpaired) electrons. The number of benzene rings is 2. The number of anilines is 1. The molecule has 21 heavy (non-hydrogen) atoms. The van der Waals surface area contributed by atoms with Crippen LogP contribution in [0.15, 0.2) is 48.7 Å². The minimum atomic E-state index is -0.201. The van der Waals surface area contributed by atoms with E-state index >= 15 is 0 Å². The fourth-order valence-corrected chi connectivity index (χ4v) is 2.40. The van der Waals surface area contributed by atoms with E-state index in [4.69, 9.17) is 16.3 Å². The van der Waals surface area contributed by atoms with Crippen LogP contribution in [0.4, 0.5) is 5.69 Å². The maximum absolute atomic E-state index is 12.4. The van der Waals surface area contributed by atoms with Gasteiger partial charge in [-0.15, -0.1) is 0 Å². The lowest BCUT2D eigenvalue weighted by Crippen LogP contribution is -2.12. The van der Waals surface area contributed by atoms with E-state index in [1.54, 1.807) is 37.6 Å². The van der Waals surface area contributed by atoms with Gasteiger partial charge in [0, 0.05) is 22.1 Å². The molecule has 0 aliphatic heterocycles. The number of aromatic nitrogens is 1. The van der Waals surface area contributed by atoms with Crippen LogP contribution in [0.25, 0.3) is 10.9 Å². The molecule has 5 heteroatoms. The van der Waals surface area contributed by atoms with E-state index in [1.165, 1.54) is 0 Å². The summed E-state index contributed by atoms with van der Waals surface area (Å²) in [6.07, 6.45) is 1.67. The summed E-state index contributed by atoms with van der Waals surface area (Å²) < 4.78 is 5.23. The van der Waals surface area contributed by atoms with Crippen molar-refractivity contribution in [3.8, 4) is 5.75 Å². The predicted octanol–water partition coefficient (Wildman–Crippen LogP) is 4.08. The van der Waals surface area contributed by atoms with Crippen LogP contribution in [-0.4, -0.2) is 18.0 Å². The second-order valence-corrected chi connectivity index (χ2v) is 4.98. The number of fused-ring (bicyclic) bond motifs is 1. The zero-order valence-corrected chi connectivity index (χ0v) is 12.1. The molecule has 0 atom stereocenters. The molecule has 0 saturated carbocycles. The standard InChI is InChI=1S/C16H13ClN2O2/c1-21-15-5-3-2-4-13(15)19-16(20)12-9-18-14-8-10(17)6-7-11(12)14/h2-9,18H,1H3,(H,19,20). The number of nitrogens with one attached hydrogen (secondary N) is 2. The lowest BCUT2D eigenvalue weighted by Gasteiger charge is -2.09. The average Bonchev–Trinajstić information content (AvgIpc) is 2.90. The Kier molecular flexibility index (Phi) is 3.54. The number of H-pyrrole nitrogens is 1. The van der Waals surface area contributed by atoms with Crippen molar-refractivity contribution in [2.75, 3.05) is 12.4 Å². The number of halogens is 1. The van der Waals surface area contributed by atoms with Gasteiger partial charge in [0.2, 0.25) is 0 Å². The summed E-state index contributed by atoms with van der Waals surface area (Å²) in [6.45, 7) is 0. The van der Waals surface area contributed by atoms with Crippen molar-refractivity contribution >= 4 is 34.1 Å². The minimum Gasteiger partial charge on any atom is -0.495 e. The molecule has 4 nitrogen and oxygen atoms in total. The number of hydrogen-bond donors (Lipinski definition) is 2. The third kappa shape index (κ3) is 2.58. The highest BCUT2D eigenvalue weighted by Gasteiger charge is 2.14. The first kappa shape index (κ1) is 13.5. The highest BCUT2D eigenvalue weighted by Crippen LogP contribution is 2.26. The number of carbonyl (C=O) groups is 1. The summed E-state index contributed by atoms with van der Waals surface area (Å²) in [5.41, 5.74) is 2.02. The summed E-state index contributed by atoms with van der Waals surface area (Å²) in [4.78, 5) is 15.5. The SMILES string of the molecule is COc1ccccc1NC(=O)c1c[nH]c2cc(Cl)ccc12. The molecule has 0 aliphatic rings. The van der Waals surface area contributed by atoms with Gasteiger partial charge in [-0.25, -0.2) is 0 Å². The highest BCUT2D eigenvalue weighted by molar-refractivity contribution is 6.31. The molecule has 0 bridgehead atoms. The van der Waals surface area contributed by atoms with Gasteiger partial charge in [-0.3, -0.25) is 4.79 Å². The first-order valence-corrected chi connectivity index (χ1v) is 6.78. The fourth-order valence-electron chi connectivity index (χ4n) is 2.22. The molecular formula is C16H13ClN2O2. The summed E-state index contributed by atoms with van der Waals surface area (Å²) in [6, 6.07) is 12.7. The predicted molar refractivity (Wildman–Crippen MR) is 84.3 cm³/mol. The molecule has 0 fully saturated rings. The molecule has 0 spiro atoms. The number of carbonyl (C=O) groups excluding carboxylic acids is 1. The summed E-state index contributed by atoms with van der Waals surface area (Å²) in [7, 11) is 1.57. The van der Waals surface area contributed by atoms with Crippen molar-refractivity contribution in [3.63, 3.8) is 0 Å². The summed E-state index contributed by atoms with van der Waals surface area (Å²) in [5, 5.41) is 4.31. The summed E-state index contributed by atoms with van der Waals surface area (Å²) in [5.74, 6) is 0.418. The van der Waals surface area contributed by atoms with Gasteiger partial charge in [0.1, 0.15) is 5.75 Å². The molecule has 1 amide bonds. The number of para-hydroxylation sites is 2. The van der Waals surface area contributed by atoms with Gasteiger partial charge in [-0.05, 0) is 24.3 Å². The van der Waals surface area contributed by atoms with Crippen LogP contribution >= 0.6 is 11.6 Å². The van der Waals surface area contributed by atoms with Gasteiger partial charge in [0.25, 0.3) is 5.91 Å². The quantitative estimate of drug-likeness (QED) is 0.765. The van der Waals surface area contributed by atoms with Crippen LogP contribution in [0, 0.1) is 0 Å². The monoisotopic (exact) mass is 300 g/mol. The van der Waals surface area contributed by atoms with E-state index in [-0.39, 0.29) is 5.91 Å². The first-order chi connectivity index (χ1) is 10.2. The van der Waals surface area contributed by atoms with Crippen LogP contribution in [0.2, 0.25) is 5.02 Å². The number of hydrogen-bond acceptors (Lipinski definition) is 2. The molecule has 1 aromatic heterocycles. The summed E-state index contributed by atoms with van der Waals surface area (Å²) >= 11 is 5.94. The first-order valence-electron chi connectivity index (χ1n) is 6.40. The Bertz CT molecular complexity index is 811. The molecule has 0 saturated heterocycles. The molecule has 0 aliphatic carbocycles. The second-order valence-electron chi connectivity index (χ2n) is 4.55. The van der Waals surface area contributed by atoms with Crippen molar-refractivity contribution in [1.82, 2.24) is 4.98 Å². The maximum atomic E-state index is 12.4. The smallest absolute Gasteiger partial charge is 0.257 e. The Morgan fingerprint density at radius 3 is 2.86 bits per heavy atom. The number of ether oxygens (including phenoxy) is 1. The van der Waals surface area contributed by atoms with Gasteiger partial charge >= 0.3 is 0 Å². The largest absolute Gasteiger partial charge is 0.495 e. The normalized spacial score (nSPS) is 10.6. The molecule has 0 unspecified atom stereocenters. The fraction of sp³-hybridized carbons (Fsp3) is 0.0625. The molecule has 1 heterocycles. The molecule has 2 aromatic carbocycles. The van der Waals surface area contributed by atoms with Crippen LogP contribution < -0.4 is 10.1 Å². The third-order valence-corrected chi connectivity index (χ3v) is 3.48. The van der Waals surface area contributed by atoms with E-state index in [9.17, 15) is 4.79 Å². The van der Waals surface area contributed by atoms with E-state index in [2.05, 4.69) is 10.3 Å². The third-order valence-electron chi connectivity index (χ3n) is 3.24. The molecule has 3 rings (SSSR count). The van der Waals surface area contributed by atoms with E-state index in [1.807, 2.05) is 18.2 Å². The zero-order valence-electron chi connectivity index (χ0n) is 11.3. The minimum absolute atomic E-state index is 0.201. The van der Waals surface area contributed by atoms with Crippen LogP contribution in [0.3, 0.4) is 0 Å². The lowest BCUT2D eigenvalue weighted by molar-refractivity contribution is 0.102. The highest BCUT2D eigenvalue weighted by atomic mass is 35.5. The van der Waals surface area contributed by atoms with Crippen molar-refractivity contribution in [2.24, 2.45) is 0 Å². The van der Waals surface area contributed by atoms with E-state index in [0.717, 1.165) is 10.9 Å². The molecular weight excluding hydrogens is 288 g/mol. The van der Waals surface area contributed by atoms with Gasteiger partial charge in [-0.2, -0.15) is 0 Å². The van der Waals surface area contributed by atoms with Crippen LogP contribution in [-0.2, 0) is 0 Å². The molecule has 3 aromatic rings. The van der Waals surface area contributed by atoms with Gasteiger partial charge in [0.05, 0.1) is 18.4 Å². The Hall–Kier alpha value is -2.46. The van der Waals surface area contributed by atoms with Gasteiger partial charge in [-0.1, -0.05) is 29.8 Å². The van der Waals surface area contributed by atoms with E-state index in [0.29, 0.717) is 22.0 Å². The second kappa shape index (κ2) is 5.50. The van der Waals surface area contributed by atoms with Crippen molar-refractivity contribution in [2.45, 2.75) is 0 Å². The van der Waals surface area contributed by atoms with Crippen molar-refractivity contribution < 1.29 is 9.53 Å². The average molecular weight is 301 g/mol. The number of methoxy groups -OCH3 is 1. The lowest BCUT2D eigenvalue weighted by atomic mass is 10.1. The van der Waals surface area contributed by atoms with Gasteiger partial charge < -0.3 is 15.0 Å². The van der Waals surface area contributed by atoms with E-state index < -0.39 is 0 Å².